The maximum Gasteiger partial charge on any atom is 0.130 e. The van der Waals surface area contributed by atoms with E-state index in [1.807, 2.05) is 60.7 Å². The predicted octanol–water partition coefficient (Wildman–Crippen LogP) is 3.80. The standard InChI is InChI=1S/C20H25NO/c1-17(21-15-9-4-10-16-21)20(22,18-11-5-2-6-12-18)19-13-7-3-8-14-19/h2-3,5-8,11-14,17,22H,4,9-10,15-16H2,1H3/t17-/m0/s1. The maximum atomic E-state index is 11.7. The van der Waals surface area contributed by atoms with Gasteiger partial charge in [-0.15, -0.1) is 0 Å². The highest BCUT2D eigenvalue weighted by molar-refractivity contribution is 5.38. The Bertz CT molecular complexity index is 536. The molecule has 0 amide bonds. The van der Waals surface area contributed by atoms with Gasteiger partial charge in [0.2, 0.25) is 0 Å². The van der Waals surface area contributed by atoms with Crippen LogP contribution in [0.1, 0.15) is 37.3 Å². The Hall–Kier alpha value is -1.64. The molecule has 22 heavy (non-hydrogen) atoms. The maximum absolute atomic E-state index is 11.7. The third kappa shape index (κ3) is 2.81. The lowest BCUT2D eigenvalue weighted by Crippen LogP contribution is -2.51. The van der Waals surface area contributed by atoms with Gasteiger partial charge in [0.05, 0.1) is 0 Å². The molecule has 1 atom stereocenters. The van der Waals surface area contributed by atoms with Crippen LogP contribution < -0.4 is 0 Å². The topological polar surface area (TPSA) is 23.5 Å². The minimum Gasteiger partial charge on any atom is -0.379 e. The number of hydrogen-bond donors (Lipinski definition) is 1. The molecule has 0 saturated carbocycles. The van der Waals surface area contributed by atoms with Gasteiger partial charge in [-0.1, -0.05) is 67.1 Å². The fourth-order valence-corrected chi connectivity index (χ4v) is 3.60. The van der Waals surface area contributed by atoms with Crippen molar-refractivity contribution in [3.63, 3.8) is 0 Å². The third-order valence-electron chi connectivity index (χ3n) is 4.97. The number of piperidine rings is 1. The summed E-state index contributed by atoms with van der Waals surface area (Å²) in [5.41, 5.74) is 0.971. The van der Waals surface area contributed by atoms with Crippen molar-refractivity contribution in [2.24, 2.45) is 0 Å². The zero-order valence-electron chi connectivity index (χ0n) is 13.3. The molecule has 3 rings (SSSR count). The van der Waals surface area contributed by atoms with Gasteiger partial charge < -0.3 is 5.11 Å². The summed E-state index contributed by atoms with van der Waals surface area (Å²) in [4.78, 5) is 2.43. The molecule has 1 saturated heterocycles. The first-order valence-corrected chi connectivity index (χ1v) is 8.30. The second-order valence-corrected chi connectivity index (χ2v) is 6.27. The number of rotatable bonds is 4. The van der Waals surface area contributed by atoms with Crippen LogP contribution in [0.25, 0.3) is 0 Å². The van der Waals surface area contributed by atoms with Crippen LogP contribution in [0.4, 0.5) is 0 Å². The number of benzene rings is 2. The van der Waals surface area contributed by atoms with Crippen LogP contribution in [-0.4, -0.2) is 29.1 Å². The van der Waals surface area contributed by atoms with Gasteiger partial charge in [-0.05, 0) is 44.0 Å². The van der Waals surface area contributed by atoms with E-state index in [1.54, 1.807) is 0 Å². The monoisotopic (exact) mass is 295 g/mol. The van der Waals surface area contributed by atoms with Gasteiger partial charge in [0.15, 0.2) is 0 Å². The molecule has 0 spiro atoms. The highest BCUT2D eigenvalue weighted by atomic mass is 16.3. The lowest BCUT2D eigenvalue weighted by atomic mass is 9.79. The van der Waals surface area contributed by atoms with E-state index in [0.717, 1.165) is 24.2 Å². The summed E-state index contributed by atoms with van der Waals surface area (Å²) in [5, 5.41) is 11.7. The van der Waals surface area contributed by atoms with Gasteiger partial charge in [-0.25, -0.2) is 0 Å². The van der Waals surface area contributed by atoms with Gasteiger partial charge in [0, 0.05) is 6.04 Å². The van der Waals surface area contributed by atoms with Gasteiger partial charge in [0.25, 0.3) is 0 Å². The van der Waals surface area contributed by atoms with Crippen molar-refractivity contribution < 1.29 is 5.11 Å². The average molecular weight is 295 g/mol. The molecule has 2 nitrogen and oxygen atoms in total. The molecule has 0 unspecified atom stereocenters. The van der Waals surface area contributed by atoms with Crippen LogP contribution >= 0.6 is 0 Å². The summed E-state index contributed by atoms with van der Waals surface area (Å²) in [6.07, 6.45) is 3.76. The molecular formula is C20H25NO. The molecule has 2 aromatic rings. The van der Waals surface area contributed by atoms with E-state index in [2.05, 4.69) is 11.8 Å². The summed E-state index contributed by atoms with van der Waals surface area (Å²) < 4.78 is 0. The summed E-state index contributed by atoms with van der Waals surface area (Å²) in [6, 6.07) is 20.2. The lowest BCUT2D eigenvalue weighted by Gasteiger charge is -2.43. The number of hydrogen-bond acceptors (Lipinski definition) is 2. The minimum absolute atomic E-state index is 0.0533. The molecule has 1 aliphatic rings. The zero-order valence-corrected chi connectivity index (χ0v) is 13.3. The van der Waals surface area contributed by atoms with Crippen molar-refractivity contribution in [2.75, 3.05) is 13.1 Å². The quantitative estimate of drug-likeness (QED) is 0.927. The Morgan fingerprint density at radius 1 is 0.818 bits per heavy atom. The van der Waals surface area contributed by atoms with Crippen molar-refractivity contribution in [2.45, 2.75) is 37.8 Å². The molecule has 116 valence electrons. The second kappa shape index (κ2) is 6.64. The predicted molar refractivity (Wildman–Crippen MR) is 90.8 cm³/mol. The first-order valence-electron chi connectivity index (χ1n) is 8.30. The lowest BCUT2D eigenvalue weighted by molar-refractivity contribution is -0.0195. The van der Waals surface area contributed by atoms with Crippen molar-refractivity contribution in [3.05, 3.63) is 71.8 Å². The number of likely N-dealkylation sites (tertiary alicyclic amines) is 1. The first-order chi connectivity index (χ1) is 10.7. The van der Waals surface area contributed by atoms with E-state index >= 15 is 0 Å². The largest absolute Gasteiger partial charge is 0.379 e. The van der Waals surface area contributed by atoms with Gasteiger partial charge in [0.1, 0.15) is 5.60 Å². The van der Waals surface area contributed by atoms with E-state index in [0.29, 0.717) is 0 Å². The highest BCUT2D eigenvalue weighted by Crippen LogP contribution is 2.36. The Morgan fingerprint density at radius 3 is 1.73 bits per heavy atom. The molecule has 0 aliphatic carbocycles. The van der Waals surface area contributed by atoms with Gasteiger partial charge >= 0.3 is 0 Å². The van der Waals surface area contributed by atoms with Gasteiger partial charge in [-0.3, -0.25) is 4.90 Å². The van der Waals surface area contributed by atoms with Crippen molar-refractivity contribution in [3.8, 4) is 0 Å². The Morgan fingerprint density at radius 2 is 1.27 bits per heavy atom. The summed E-state index contributed by atoms with van der Waals surface area (Å²) in [7, 11) is 0. The third-order valence-corrected chi connectivity index (χ3v) is 4.97. The van der Waals surface area contributed by atoms with Crippen LogP contribution in [0.2, 0.25) is 0 Å². The highest BCUT2D eigenvalue weighted by Gasteiger charge is 2.40. The fraction of sp³-hybridized carbons (Fsp3) is 0.400. The van der Waals surface area contributed by atoms with Crippen LogP contribution in [0.15, 0.2) is 60.7 Å². The van der Waals surface area contributed by atoms with Crippen molar-refractivity contribution in [1.82, 2.24) is 4.90 Å². The summed E-state index contributed by atoms with van der Waals surface area (Å²) in [5.74, 6) is 0. The van der Waals surface area contributed by atoms with Crippen LogP contribution in [0.3, 0.4) is 0 Å². The molecule has 1 N–H and O–H groups in total. The molecule has 0 aromatic heterocycles. The van der Waals surface area contributed by atoms with E-state index < -0.39 is 5.60 Å². The molecule has 1 fully saturated rings. The molecular weight excluding hydrogens is 270 g/mol. The van der Waals surface area contributed by atoms with Crippen molar-refractivity contribution >= 4 is 0 Å². The van der Waals surface area contributed by atoms with Crippen molar-refractivity contribution in [1.29, 1.82) is 0 Å². The normalized spacial score (nSPS) is 18.1. The Kier molecular flexibility index (Phi) is 4.60. The van der Waals surface area contributed by atoms with E-state index in [1.165, 1.54) is 19.3 Å². The minimum atomic E-state index is -0.972. The molecule has 0 bridgehead atoms. The average Bonchev–Trinajstić information content (AvgIpc) is 2.62. The smallest absolute Gasteiger partial charge is 0.130 e. The molecule has 1 heterocycles. The SMILES string of the molecule is C[C@H](N1CCCCC1)C(O)(c1ccccc1)c1ccccc1. The fourth-order valence-electron chi connectivity index (χ4n) is 3.60. The van der Waals surface area contributed by atoms with Crippen LogP contribution in [-0.2, 0) is 5.60 Å². The van der Waals surface area contributed by atoms with Gasteiger partial charge in [-0.2, -0.15) is 0 Å². The van der Waals surface area contributed by atoms with E-state index in [4.69, 9.17) is 0 Å². The zero-order chi connectivity index (χ0) is 15.4. The Balaban J connectivity index is 2.03. The van der Waals surface area contributed by atoms with E-state index in [9.17, 15) is 5.11 Å². The first kappa shape index (κ1) is 15.3. The molecule has 2 heteroatoms. The number of aliphatic hydroxyl groups is 1. The summed E-state index contributed by atoms with van der Waals surface area (Å²) in [6.45, 7) is 4.30. The second-order valence-electron chi connectivity index (χ2n) is 6.27. The summed E-state index contributed by atoms with van der Waals surface area (Å²) >= 11 is 0. The Labute approximate surface area is 133 Å². The van der Waals surface area contributed by atoms with Crippen LogP contribution in [0, 0.1) is 0 Å². The molecule has 1 aliphatic heterocycles. The van der Waals surface area contributed by atoms with Crippen LogP contribution in [0.5, 0.6) is 0 Å². The number of nitrogens with zero attached hydrogens (tertiary/aromatic N) is 1. The molecule has 0 radical (unpaired) electrons. The molecule has 2 aromatic carbocycles. The van der Waals surface area contributed by atoms with E-state index in [-0.39, 0.29) is 6.04 Å².